The molecule has 0 aliphatic rings. The van der Waals surface area contributed by atoms with E-state index in [0.29, 0.717) is 11.3 Å². The number of halogens is 1. The van der Waals surface area contributed by atoms with Crippen LogP contribution >= 0.6 is 0 Å². The molecule has 1 aromatic heterocycles. The van der Waals surface area contributed by atoms with Crippen molar-refractivity contribution in [3.05, 3.63) is 53.1 Å². The molecule has 2 rings (SSSR count). The number of aromatic nitrogens is 2. The van der Waals surface area contributed by atoms with E-state index in [1.54, 1.807) is 32.0 Å². The summed E-state index contributed by atoms with van der Waals surface area (Å²) in [5.41, 5.74) is 0.899. The van der Waals surface area contributed by atoms with E-state index in [1.807, 2.05) is 0 Å². The summed E-state index contributed by atoms with van der Waals surface area (Å²) in [5.74, 6) is -1.30. The summed E-state index contributed by atoms with van der Waals surface area (Å²) < 4.78 is 13.7. The molecule has 0 bridgehead atoms. The zero-order chi connectivity index (χ0) is 14.7. The summed E-state index contributed by atoms with van der Waals surface area (Å²) in [5, 5.41) is 11.9. The van der Waals surface area contributed by atoms with E-state index in [9.17, 15) is 9.18 Å². The number of hydrogen-bond acceptors (Lipinski definition) is 4. The average Bonchev–Trinajstić information content (AvgIpc) is 2.38. The minimum absolute atomic E-state index is 0.0965. The summed E-state index contributed by atoms with van der Waals surface area (Å²) in [6.45, 7) is 3.43. The van der Waals surface area contributed by atoms with Gasteiger partial charge in [-0.15, -0.1) is 0 Å². The Hall–Kier alpha value is -2.50. The molecule has 1 aromatic carbocycles. The minimum Gasteiger partial charge on any atom is -0.477 e. The van der Waals surface area contributed by atoms with E-state index in [1.165, 1.54) is 12.1 Å². The molecule has 20 heavy (non-hydrogen) atoms. The van der Waals surface area contributed by atoms with E-state index >= 15 is 0 Å². The largest absolute Gasteiger partial charge is 0.477 e. The summed E-state index contributed by atoms with van der Waals surface area (Å²) in [6.07, 6.45) is 0. The fourth-order valence-corrected chi connectivity index (χ4v) is 1.84. The van der Waals surface area contributed by atoms with Crippen LogP contribution in [0.2, 0.25) is 0 Å². The van der Waals surface area contributed by atoms with Crippen molar-refractivity contribution >= 4 is 11.9 Å². The Labute approximate surface area is 115 Å². The van der Waals surface area contributed by atoms with Crippen molar-refractivity contribution in [1.29, 1.82) is 0 Å². The zero-order valence-electron chi connectivity index (χ0n) is 11.1. The van der Waals surface area contributed by atoms with Gasteiger partial charge in [0.05, 0.1) is 6.04 Å². The first-order valence-electron chi connectivity index (χ1n) is 6.07. The first-order chi connectivity index (χ1) is 9.47. The van der Waals surface area contributed by atoms with E-state index in [0.717, 1.165) is 0 Å². The maximum absolute atomic E-state index is 13.7. The molecule has 1 heterocycles. The van der Waals surface area contributed by atoms with Crippen LogP contribution in [0.25, 0.3) is 0 Å². The summed E-state index contributed by atoms with van der Waals surface area (Å²) >= 11 is 0. The SMILES string of the molecule is Cc1cc(C(=O)O)nc(NC(C)c2ccccc2F)n1. The highest BCUT2D eigenvalue weighted by Crippen LogP contribution is 2.20. The Morgan fingerprint density at radius 2 is 2.05 bits per heavy atom. The number of rotatable bonds is 4. The standard InChI is InChI=1S/C14H14FN3O2/c1-8-7-12(13(19)20)18-14(16-8)17-9(2)10-5-3-4-6-11(10)15/h3-7,9H,1-2H3,(H,19,20)(H,16,17,18). The number of nitrogens with one attached hydrogen (secondary N) is 1. The summed E-state index contributed by atoms with van der Waals surface area (Å²) in [7, 11) is 0. The van der Waals surface area contributed by atoms with Crippen LogP contribution in [0.5, 0.6) is 0 Å². The van der Waals surface area contributed by atoms with Crippen molar-refractivity contribution in [2.45, 2.75) is 19.9 Å². The van der Waals surface area contributed by atoms with Gasteiger partial charge in [0.1, 0.15) is 5.82 Å². The molecule has 5 nitrogen and oxygen atoms in total. The van der Waals surface area contributed by atoms with Gasteiger partial charge in [-0.3, -0.25) is 0 Å². The average molecular weight is 275 g/mol. The highest BCUT2D eigenvalue weighted by atomic mass is 19.1. The van der Waals surface area contributed by atoms with Crippen molar-refractivity contribution in [3.63, 3.8) is 0 Å². The zero-order valence-corrected chi connectivity index (χ0v) is 11.1. The summed E-state index contributed by atoms with van der Waals surface area (Å²) in [4.78, 5) is 18.9. The lowest BCUT2D eigenvalue weighted by Crippen LogP contribution is -2.13. The molecule has 2 aromatic rings. The number of nitrogens with zero attached hydrogens (tertiary/aromatic N) is 2. The maximum Gasteiger partial charge on any atom is 0.354 e. The first kappa shape index (κ1) is 13.9. The fourth-order valence-electron chi connectivity index (χ4n) is 1.84. The van der Waals surface area contributed by atoms with E-state index < -0.39 is 5.97 Å². The molecule has 2 N–H and O–H groups in total. The molecular weight excluding hydrogens is 261 g/mol. The Bertz CT molecular complexity index is 646. The van der Waals surface area contributed by atoms with Gasteiger partial charge < -0.3 is 10.4 Å². The molecule has 6 heteroatoms. The molecule has 0 aliphatic carbocycles. The van der Waals surface area contributed by atoms with Gasteiger partial charge in [-0.1, -0.05) is 18.2 Å². The second-order valence-corrected chi connectivity index (χ2v) is 4.41. The summed E-state index contributed by atoms with van der Waals surface area (Å²) in [6, 6.07) is 7.36. The number of aryl methyl sites for hydroxylation is 1. The number of aromatic carboxylic acids is 1. The van der Waals surface area contributed by atoms with Crippen LogP contribution < -0.4 is 5.32 Å². The second-order valence-electron chi connectivity index (χ2n) is 4.41. The number of carbonyl (C=O) groups is 1. The van der Waals surface area contributed by atoms with Crippen molar-refractivity contribution < 1.29 is 14.3 Å². The van der Waals surface area contributed by atoms with Crippen molar-refractivity contribution in [2.24, 2.45) is 0 Å². The lowest BCUT2D eigenvalue weighted by Gasteiger charge is -2.15. The predicted octanol–water partition coefficient (Wildman–Crippen LogP) is 2.80. The molecule has 0 amide bonds. The van der Waals surface area contributed by atoms with Gasteiger partial charge in [0, 0.05) is 11.3 Å². The monoisotopic (exact) mass is 275 g/mol. The Morgan fingerprint density at radius 3 is 2.70 bits per heavy atom. The molecule has 0 radical (unpaired) electrons. The smallest absolute Gasteiger partial charge is 0.354 e. The van der Waals surface area contributed by atoms with Crippen molar-refractivity contribution in [3.8, 4) is 0 Å². The fraction of sp³-hybridized carbons (Fsp3) is 0.214. The third-order valence-electron chi connectivity index (χ3n) is 2.79. The molecule has 0 saturated heterocycles. The predicted molar refractivity (Wildman–Crippen MR) is 72.2 cm³/mol. The highest BCUT2D eigenvalue weighted by molar-refractivity contribution is 5.85. The van der Waals surface area contributed by atoms with E-state index in [-0.39, 0.29) is 23.5 Å². The van der Waals surface area contributed by atoms with Gasteiger partial charge in [0.2, 0.25) is 5.95 Å². The van der Waals surface area contributed by atoms with Crippen LogP contribution in [0.1, 0.15) is 34.7 Å². The van der Waals surface area contributed by atoms with Gasteiger partial charge in [0.25, 0.3) is 0 Å². The normalized spacial score (nSPS) is 11.9. The topological polar surface area (TPSA) is 75.1 Å². The van der Waals surface area contributed by atoms with Crippen molar-refractivity contribution in [2.75, 3.05) is 5.32 Å². The number of carboxylic acids is 1. The van der Waals surface area contributed by atoms with Gasteiger partial charge in [-0.05, 0) is 26.0 Å². The van der Waals surface area contributed by atoms with Gasteiger partial charge >= 0.3 is 5.97 Å². The van der Waals surface area contributed by atoms with Crippen LogP contribution in [0.15, 0.2) is 30.3 Å². The molecule has 104 valence electrons. The molecule has 1 unspecified atom stereocenters. The lowest BCUT2D eigenvalue weighted by atomic mass is 10.1. The van der Waals surface area contributed by atoms with Gasteiger partial charge in [-0.25, -0.2) is 19.2 Å². The van der Waals surface area contributed by atoms with E-state index in [4.69, 9.17) is 5.11 Å². The molecule has 0 saturated carbocycles. The van der Waals surface area contributed by atoms with Crippen LogP contribution in [0.3, 0.4) is 0 Å². The van der Waals surface area contributed by atoms with Crippen LogP contribution in [-0.2, 0) is 0 Å². The first-order valence-corrected chi connectivity index (χ1v) is 6.07. The van der Waals surface area contributed by atoms with Crippen LogP contribution in [-0.4, -0.2) is 21.0 Å². The third-order valence-corrected chi connectivity index (χ3v) is 2.79. The molecule has 0 aliphatic heterocycles. The molecule has 0 spiro atoms. The number of benzene rings is 1. The van der Waals surface area contributed by atoms with Gasteiger partial charge in [0.15, 0.2) is 5.69 Å². The van der Waals surface area contributed by atoms with E-state index in [2.05, 4.69) is 15.3 Å². The van der Waals surface area contributed by atoms with Crippen LogP contribution in [0.4, 0.5) is 10.3 Å². The number of anilines is 1. The molecule has 1 atom stereocenters. The Kier molecular flexibility index (Phi) is 3.93. The maximum atomic E-state index is 13.7. The molecule has 0 fully saturated rings. The van der Waals surface area contributed by atoms with Gasteiger partial charge in [-0.2, -0.15) is 0 Å². The highest BCUT2D eigenvalue weighted by Gasteiger charge is 2.13. The number of carboxylic acid groups (broad SMARTS) is 1. The quantitative estimate of drug-likeness (QED) is 0.897. The minimum atomic E-state index is -1.13. The second kappa shape index (κ2) is 5.64. The Morgan fingerprint density at radius 1 is 1.35 bits per heavy atom. The Balaban J connectivity index is 2.26. The number of hydrogen-bond donors (Lipinski definition) is 2. The van der Waals surface area contributed by atoms with Crippen LogP contribution in [0, 0.1) is 12.7 Å². The third kappa shape index (κ3) is 3.09. The van der Waals surface area contributed by atoms with Crippen molar-refractivity contribution in [1.82, 2.24) is 9.97 Å². The lowest BCUT2D eigenvalue weighted by molar-refractivity contribution is 0.0690. The molecular formula is C14H14FN3O2.